The van der Waals surface area contributed by atoms with E-state index in [1.54, 1.807) is 6.33 Å². The van der Waals surface area contributed by atoms with Gasteiger partial charge in [0.05, 0.1) is 5.69 Å². The van der Waals surface area contributed by atoms with Crippen LogP contribution in [-0.2, 0) is 4.79 Å². The molecular formula is C21H30N6O. The van der Waals surface area contributed by atoms with Crippen molar-refractivity contribution in [2.75, 3.05) is 31.1 Å². The van der Waals surface area contributed by atoms with E-state index in [2.05, 4.69) is 20.0 Å². The molecule has 7 nitrogen and oxygen atoms in total. The molecule has 1 saturated heterocycles. The van der Waals surface area contributed by atoms with Crippen molar-refractivity contribution in [1.29, 1.82) is 0 Å². The highest BCUT2D eigenvalue weighted by atomic mass is 16.2. The fourth-order valence-electron chi connectivity index (χ4n) is 4.46. The Labute approximate surface area is 166 Å². The van der Waals surface area contributed by atoms with Gasteiger partial charge in [-0.15, -0.1) is 0 Å². The summed E-state index contributed by atoms with van der Waals surface area (Å²) in [5.41, 5.74) is 2.03. The first kappa shape index (κ1) is 18.9. The lowest BCUT2D eigenvalue weighted by Crippen LogP contribution is -2.49. The standard InChI is InChI=1S/C21H30N6O/c1-16-13-17(2)27(24-16)20-14-19(22-15-23-20)25-9-11-26(12-10-25)21(28)8-7-18-5-3-4-6-18/h13-15,18H,3-12H2,1-2H3. The molecule has 1 amide bonds. The Morgan fingerprint density at radius 2 is 1.75 bits per heavy atom. The van der Waals surface area contributed by atoms with Crippen LogP contribution in [0, 0.1) is 19.8 Å². The van der Waals surface area contributed by atoms with Gasteiger partial charge in [-0.3, -0.25) is 4.79 Å². The van der Waals surface area contributed by atoms with Crippen LogP contribution >= 0.6 is 0 Å². The first-order valence-corrected chi connectivity index (χ1v) is 10.5. The van der Waals surface area contributed by atoms with Crippen LogP contribution in [0.3, 0.4) is 0 Å². The van der Waals surface area contributed by atoms with Crippen LogP contribution in [-0.4, -0.2) is 56.7 Å². The second-order valence-electron chi connectivity index (χ2n) is 8.13. The number of hydrogen-bond donors (Lipinski definition) is 0. The van der Waals surface area contributed by atoms with Gasteiger partial charge < -0.3 is 9.80 Å². The van der Waals surface area contributed by atoms with Crippen molar-refractivity contribution in [3.8, 4) is 5.82 Å². The third-order valence-electron chi connectivity index (χ3n) is 6.06. The van der Waals surface area contributed by atoms with Gasteiger partial charge >= 0.3 is 0 Å². The number of anilines is 1. The lowest BCUT2D eigenvalue weighted by molar-refractivity contribution is -0.131. The number of aryl methyl sites for hydroxylation is 2. The summed E-state index contributed by atoms with van der Waals surface area (Å²) in [6.45, 7) is 7.16. The summed E-state index contributed by atoms with van der Waals surface area (Å²) < 4.78 is 1.85. The Kier molecular flexibility index (Phi) is 5.59. The molecule has 0 N–H and O–H groups in total. The predicted molar refractivity (Wildman–Crippen MR) is 109 cm³/mol. The fourth-order valence-corrected chi connectivity index (χ4v) is 4.46. The van der Waals surface area contributed by atoms with E-state index in [9.17, 15) is 4.79 Å². The van der Waals surface area contributed by atoms with Crippen LogP contribution in [0.15, 0.2) is 18.5 Å². The highest BCUT2D eigenvalue weighted by molar-refractivity contribution is 5.76. The number of hydrogen-bond acceptors (Lipinski definition) is 5. The number of amides is 1. The Morgan fingerprint density at radius 3 is 2.43 bits per heavy atom. The molecule has 2 aliphatic rings. The number of carbonyl (C=O) groups excluding carboxylic acids is 1. The van der Waals surface area contributed by atoms with Crippen molar-refractivity contribution in [3.05, 3.63) is 29.8 Å². The molecule has 28 heavy (non-hydrogen) atoms. The molecular weight excluding hydrogens is 352 g/mol. The number of nitrogens with zero attached hydrogens (tertiary/aromatic N) is 6. The van der Waals surface area contributed by atoms with E-state index in [-0.39, 0.29) is 0 Å². The number of rotatable bonds is 5. The van der Waals surface area contributed by atoms with Crippen molar-refractivity contribution in [2.45, 2.75) is 52.4 Å². The van der Waals surface area contributed by atoms with Crippen LogP contribution in [0.1, 0.15) is 49.9 Å². The summed E-state index contributed by atoms with van der Waals surface area (Å²) in [5, 5.41) is 4.51. The van der Waals surface area contributed by atoms with Gasteiger partial charge in [0.15, 0.2) is 5.82 Å². The summed E-state index contributed by atoms with van der Waals surface area (Å²) in [5.74, 6) is 2.78. The minimum absolute atomic E-state index is 0.317. The molecule has 2 aromatic heterocycles. The van der Waals surface area contributed by atoms with Gasteiger partial charge in [-0.05, 0) is 32.3 Å². The molecule has 1 aliphatic carbocycles. The average Bonchev–Trinajstić information content (AvgIpc) is 3.35. The zero-order valence-corrected chi connectivity index (χ0v) is 17.0. The predicted octanol–water partition coefficient (Wildman–Crippen LogP) is 2.90. The molecule has 4 rings (SSSR count). The summed E-state index contributed by atoms with van der Waals surface area (Å²) in [6, 6.07) is 4.02. The monoisotopic (exact) mass is 382 g/mol. The molecule has 2 aromatic rings. The second kappa shape index (κ2) is 8.29. The molecule has 3 heterocycles. The maximum Gasteiger partial charge on any atom is 0.222 e. The number of carbonyl (C=O) groups is 1. The minimum Gasteiger partial charge on any atom is -0.353 e. The van der Waals surface area contributed by atoms with Crippen molar-refractivity contribution in [2.24, 2.45) is 5.92 Å². The van der Waals surface area contributed by atoms with Gasteiger partial charge in [-0.25, -0.2) is 14.6 Å². The van der Waals surface area contributed by atoms with E-state index < -0.39 is 0 Å². The Balaban J connectivity index is 1.34. The lowest BCUT2D eigenvalue weighted by atomic mass is 10.0. The Morgan fingerprint density at radius 1 is 1.04 bits per heavy atom. The molecule has 0 bridgehead atoms. The normalized spacial score (nSPS) is 18.1. The maximum absolute atomic E-state index is 12.5. The van der Waals surface area contributed by atoms with Crippen molar-refractivity contribution in [1.82, 2.24) is 24.6 Å². The molecule has 1 aliphatic heterocycles. The summed E-state index contributed by atoms with van der Waals surface area (Å²) in [4.78, 5) is 25.6. The number of piperazine rings is 1. The molecule has 1 saturated carbocycles. The van der Waals surface area contributed by atoms with Crippen LogP contribution in [0.2, 0.25) is 0 Å². The fraction of sp³-hybridized carbons (Fsp3) is 0.619. The van der Waals surface area contributed by atoms with E-state index in [1.165, 1.54) is 25.7 Å². The van der Waals surface area contributed by atoms with E-state index in [4.69, 9.17) is 0 Å². The van der Waals surface area contributed by atoms with Gasteiger partial charge in [0.1, 0.15) is 12.1 Å². The van der Waals surface area contributed by atoms with E-state index in [1.807, 2.05) is 35.6 Å². The smallest absolute Gasteiger partial charge is 0.222 e. The third kappa shape index (κ3) is 4.18. The Bertz CT molecular complexity index is 818. The van der Waals surface area contributed by atoms with E-state index in [0.29, 0.717) is 12.3 Å². The van der Waals surface area contributed by atoms with Crippen LogP contribution in [0.5, 0.6) is 0 Å². The third-order valence-corrected chi connectivity index (χ3v) is 6.06. The first-order chi connectivity index (χ1) is 13.6. The van der Waals surface area contributed by atoms with Crippen LogP contribution in [0.4, 0.5) is 5.82 Å². The highest BCUT2D eigenvalue weighted by Crippen LogP contribution is 2.28. The van der Waals surface area contributed by atoms with Gasteiger partial charge in [0.2, 0.25) is 5.91 Å². The maximum atomic E-state index is 12.5. The van der Waals surface area contributed by atoms with Gasteiger partial charge in [-0.2, -0.15) is 5.10 Å². The van der Waals surface area contributed by atoms with E-state index >= 15 is 0 Å². The Hall–Kier alpha value is -2.44. The minimum atomic E-state index is 0.317. The molecule has 2 fully saturated rings. The SMILES string of the molecule is Cc1cc(C)n(-c2cc(N3CCN(C(=O)CCC4CCCC4)CC3)ncn2)n1. The van der Waals surface area contributed by atoms with Crippen molar-refractivity contribution < 1.29 is 4.79 Å². The van der Waals surface area contributed by atoms with Crippen LogP contribution in [0.25, 0.3) is 5.82 Å². The lowest BCUT2D eigenvalue weighted by Gasteiger charge is -2.35. The number of aromatic nitrogens is 4. The summed E-state index contributed by atoms with van der Waals surface area (Å²) >= 11 is 0. The molecule has 0 unspecified atom stereocenters. The molecule has 150 valence electrons. The zero-order chi connectivity index (χ0) is 19.5. The molecule has 0 radical (unpaired) electrons. The van der Waals surface area contributed by atoms with Gasteiger partial charge in [0, 0.05) is 44.4 Å². The molecule has 0 aromatic carbocycles. The zero-order valence-electron chi connectivity index (χ0n) is 17.0. The van der Waals surface area contributed by atoms with Gasteiger partial charge in [-0.1, -0.05) is 25.7 Å². The van der Waals surface area contributed by atoms with Crippen molar-refractivity contribution >= 4 is 11.7 Å². The second-order valence-corrected chi connectivity index (χ2v) is 8.13. The average molecular weight is 383 g/mol. The topological polar surface area (TPSA) is 67.2 Å². The molecule has 0 atom stereocenters. The summed E-state index contributed by atoms with van der Waals surface area (Å²) in [6.07, 6.45) is 8.68. The quantitative estimate of drug-likeness (QED) is 0.795. The van der Waals surface area contributed by atoms with Gasteiger partial charge in [0.25, 0.3) is 0 Å². The largest absolute Gasteiger partial charge is 0.353 e. The summed E-state index contributed by atoms with van der Waals surface area (Å²) in [7, 11) is 0. The van der Waals surface area contributed by atoms with E-state index in [0.717, 1.165) is 61.5 Å². The first-order valence-electron chi connectivity index (χ1n) is 10.5. The van der Waals surface area contributed by atoms with Crippen molar-refractivity contribution in [3.63, 3.8) is 0 Å². The molecule has 7 heteroatoms. The molecule has 0 spiro atoms. The van der Waals surface area contributed by atoms with Crippen LogP contribution < -0.4 is 4.90 Å². The highest BCUT2D eigenvalue weighted by Gasteiger charge is 2.24.